The van der Waals surface area contributed by atoms with Crippen LogP contribution >= 0.6 is 12.2 Å². The Morgan fingerprint density at radius 1 is 1.46 bits per heavy atom. The number of nitrogens with one attached hydrogen (secondary N) is 1. The Hall–Kier alpha value is -2.09. The van der Waals surface area contributed by atoms with Gasteiger partial charge in [0.25, 0.3) is 0 Å². The molecule has 1 aromatic rings. The van der Waals surface area contributed by atoms with Gasteiger partial charge in [-0.1, -0.05) is 19.1 Å². The number of halogens is 1. The summed E-state index contributed by atoms with van der Waals surface area (Å²) < 4.78 is 26.0. The normalized spacial score (nSPS) is 24.0. The molecule has 1 amide bonds. The van der Waals surface area contributed by atoms with Crippen molar-refractivity contribution >= 4 is 34.7 Å². The summed E-state index contributed by atoms with van der Waals surface area (Å²) in [7, 11) is 0. The van der Waals surface area contributed by atoms with E-state index in [-0.39, 0.29) is 18.0 Å². The summed E-state index contributed by atoms with van der Waals surface area (Å²) in [6, 6.07) is 3.38. The van der Waals surface area contributed by atoms with E-state index in [1.807, 2.05) is 6.92 Å². The van der Waals surface area contributed by atoms with E-state index in [1.165, 1.54) is 11.0 Å². The average Bonchev–Trinajstić information content (AvgIpc) is 3.25. The molecule has 0 bridgehead atoms. The minimum Gasteiger partial charge on any atom is -0.489 e. The quantitative estimate of drug-likeness (QED) is 0.812. The Balaban J connectivity index is 1.52. The van der Waals surface area contributed by atoms with E-state index in [4.69, 9.17) is 21.7 Å². The minimum absolute atomic E-state index is 0.248. The average molecular weight is 379 g/mol. The van der Waals surface area contributed by atoms with Gasteiger partial charge in [-0.3, -0.25) is 4.90 Å². The number of carbonyl (C=O) groups is 1. The van der Waals surface area contributed by atoms with Crippen molar-refractivity contribution in [2.24, 2.45) is 0 Å². The first-order valence-corrected chi connectivity index (χ1v) is 9.45. The number of anilines is 2. The molecule has 3 heterocycles. The third kappa shape index (κ3) is 3.06. The molecular formula is C18H22FN3O3S. The molecule has 4 rings (SSSR count). The van der Waals surface area contributed by atoms with E-state index >= 15 is 0 Å². The molecule has 1 aromatic carbocycles. The van der Waals surface area contributed by atoms with Crippen LogP contribution in [0.1, 0.15) is 26.2 Å². The zero-order valence-electron chi connectivity index (χ0n) is 14.7. The van der Waals surface area contributed by atoms with Crippen LogP contribution in [0.15, 0.2) is 12.1 Å². The maximum Gasteiger partial charge on any atom is 0.414 e. The van der Waals surface area contributed by atoms with Crippen molar-refractivity contribution in [3.8, 4) is 5.75 Å². The van der Waals surface area contributed by atoms with Crippen molar-refractivity contribution in [2.75, 3.05) is 36.0 Å². The molecule has 1 N–H and O–H groups in total. The van der Waals surface area contributed by atoms with Crippen LogP contribution in [0.5, 0.6) is 5.75 Å². The van der Waals surface area contributed by atoms with Crippen molar-refractivity contribution in [2.45, 2.75) is 38.3 Å². The fourth-order valence-electron chi connectivity index (χ4n) is 3.79. The number of nitrogens with zero attached hydrogens (tertiary/aromatic N) is 2. The second kappa shape index (κ2) is 6.90. The number of thiocarbonyl (C=S) groups is 1. The van der Waals surface area contributed by atoms with Crippen LogP contribution in [0.25, 0.3) is 0 Å². The van der Waals surface area contributed by atoms with Gasteiger partial charge in [0.1, 0.15) is 24.1 Å². The maximum atomic E-state index is 14.8. The van der Waals surface area contributed by atoms with Crippen LogP contribution in [0, 0.1) is 5.82 Å². The Kier molecular flexibility index (Phi) is 4.60. The number of benzene rings is 1. The number of ether oxygens (including phenoxy) is 2. The summed E-state index contributed by atoms with van der Waals surface area (Å²) >= 11 is 5.13. The highest BCUT2D eigenvalue weighted by Crippen LogP contribution is 2.42. The van der Waals surface area contributed by atoms with Gasteiger partial charge in [0.15, 0.2) is 5.82 Å². The Labute approximate surface area is 157 Å². The van der Waals surface area contributed by atoms with Gasteiger partial charge in [0.2, 0.25) is 0 Å². The minimum atomic E-state index is -0.478. The highest BCUT2D eigenvalue weighted by Gasteiger charge is 2.37. The van der Waals surface area contributed by atoms with Crippen LogP contribution in [0.3, 0.4) is 0 Å². The van der Waals surface area contributed by atoms with Gasteiger partial charge >= 0.3 is 6.09 Å². The Morgan fingerprint density at radius 2 is 2.31 bits per heavy atom. The van der Waals surface area contributed by atoms with Crippen molar-refractivity contribution in [1.29, 1.82) is 0 Å². The molecule has 8 heteroatoms. The molecule has 6 nitrogen and oxygen atoms in total. The molecule has 2 atom stereocenters. The van der Waals surface area contributed by atoms with Crippen molar-refractivity contribution < 1.29 is 18.7 Å². The van der Waals surface area contributed by atoms with Gasteiger partial charge in [-0.05, 0) is 19.3 Å². The largest absolute Gasteiger partial charge is 0.489 e. The zero-order chi connectivity index (χ0) is 18.3. The molecule has 2 fully saturated rings. The van der Waals surface area contributed by atoms with E-state index in [9.17, 15) is 9.18 Å². The lowest BCUT2D eigenvalue weighted by Crippen LogP contribution is -2.39. The first-order chi connectivity index (χ1) is 12.6. The topological polar surface area (TPSA) is 54.0 Å². The molecule has 0 radical (unpaired) electrons. The third-order valence-electron chi connectivity index (χ3n) is 5.14. The van der Waals surface area contributed by atoms with Gasteiger partial charge < -0.3 is 19.7 Å². The van der Waals surface area contributed by atoms with E-state index in [1.54, 1.807) is 6.07 Å². The number of carbonyl (C=O) groups excluding carboxylic acids is 1. The van der Waals surface area contributed by atoms with Crippen LogP contribution in [0.2, 0.25) is 0 Å². The zero-order valence-corrected chi connectivity index (χ0v) is 15.5. The van der Waals surface area contributed by atoms with Gasteiger partial charge in [-0.2, -0.15) is 0 Å². The molecule has 140 valence electrons. The molecule has 3 aliphatic heterocycles. The van der Waals surface area contributed by atoms with Gasteiger partial charge in [0, 0.05) is 18.7 Å². The first kappa shape index (κ1) is 17.3. The van der Waals surface area contributed by atoms with Crippen molar-refractivity contribution in [3.05, 3.63) is 17.9 Å². The van der Waals surface area contributed by atoms with Crippen molar-refractivity contribution in [3.63, 3.8) is 0 Å². The monoisotopic (exact) mass is 379 g/mol. The number of fused-ring (bicyclic) bond motifs is 3. The van der Waals surface area contributed by atoms with E-state index in [0.29, 0.717) is 36.8 Å². The lowest BCUT2D eigenvalue weighted by atomic mass is 10.1. The highest BCUT2D eigenvalue weighted by molar-refractivity contribution is 7.80. The number of hydrogen-bond acceptors (Lipinski definition) is 5. The highest BCUT2D eigenvalue weighted by atomic mass is 32.1. The van der Waals surface area contributed by atoms with Crippen LogP contribution in [-0.4, -0.2) is 49.5 Å². The van der Waals surface area contributed by atoms with E-state index in [0.717, 1.165) is 30.8 Å². The summed E-state index contributed by atoms with van der Waals surface area (Å²) in [6.45, 7) is 4.16. The molecule has 26 heavy (non-hydrogen) atoms. The summed E-state index contributed by atoms with van der Waals surface area (Å²) in [5.41, 5.74) is 0.978. The molecule has 3 aliphatic rings. The van der Waals surface area contributed by atoms with Crippen LogP contribution in [-0.2, 0) is 4.74 Å². The second-order valence-electron chi connectivity index (χ2n) is 6.85. The molecular weight excluding hydrogens is 357 g/mol. The lowest BCUT2D eigenvalue weighted by molar-refractivity contribution is 0.143. The van der Waals surface area contributed by atoms with Gasteiger partial charge in [0.05, 0.1) is 29.8 Å². The molecule has 0 unspecified atom stereocenters. The Morgan fingerprint density at radius 3 is 3.12 bits per heavy atom. The number of hydrogen-bond donors (Lipinski definition) is 1. The molecule has 2 saturated heterocycles. The van der Waals surface area contributed by atoms with Gasteiger partial charge in [-0.15, -0.1) is 0 Å². The fraction of sp³-hybridized carbons (Fsp3) is 0.556. The summed E-state index contributed by atoms with van der Waals surface area (Å²) in [5, 5.41) is 3.08. The summed E-state index contributed by atoms with van der Waals surface area (Å²) in [4.78, 5) is 16.5. The first-order valence-electron chi connectivity index (χ1n) is 9.04. The summed E-state index contributed by atoms with van der Waals surface area (Å²) in [5.74, 6) is 0.144. The maximum absolute atomic E-state index is 14.8. The summed E-state index contributed by atoms with van der Waals surface area (Å²) in [6.07, 6.45) is 2.00. The van der Waals surface area contributed by atoms with E-state index < -0.39 is 6.09 Å². The molecule has 0 spiro atoms. The smallest absolute Gasteiger partial charge is 0.414 e. The number of rotatable bonds is 4. The van der Waals surface area contributed by atoms with E-state index in [2.05, 4.69) is 10.2 Å². The Bertz CT molecular complexity index is 745. The lowest BCUT2D eigenvalue weighted by Gasteiger charge is -2.34. The van der Waals surface area contributed by atoms with Crippen LogP contribution < -0.4 is 19.9 Å². The number of cyclic esters (lactones) is 1. The molecule has 0 aromatic heterocycles. The SMILES string of the molecule is CCC(=S)NC[C@H]1CN(c2cc(F)c3c(c2)OC[C@@H]2CCCN32)C(=O)O1. The van der Waals surface area contributed by atoms with Crippen molar-refractivity contribution in [1.82, 2.24) is 5.32 Å². The fourth-order valence-corrected chi connectivity index (χ4v) is 3.87. The standard InChI is InChI=1S/C18H22FN3O3S/c1-2-16(26)20-8-13-9-22(18(23)25-13)12-6-14(19)17-15(7-12)24-10-11-4-3-5-21(11)17/h6-7,11,13H,2-5,8-10H2,1H3,(H,20,26)/t11-,13-/m0/s1. The predicted octanol–water partition coefficient (Wildman–Crippen LogP) is 2.84. The predicted molar refractivity (Wildman–Crippen MR) is 101 cm³/mol. The second-order valence-corrected chi connectivity index (χ2v) is 7.34. The van der Waals surface area contributed by atoms with Crippen LogP contribution in [0.4, 0.5) is 20.6 Å². The van der Waals surface area contributed by atoms with Gasteiger partial charge in [-0.25, -0.2) is 9.18 Å². The molecule has 0 aliphatic carbocycles. The third-order valence-corrected chi connectivity index (χ3v) is 5.58. The molecule has 0 saturated carbocycles. The number of amides is 1.